The maximum absolute atomic E-state index is 12.8. The highest BCUT2D eigenvalue weighted by molar-refractivity contribution is 5.78. The van der Waals surface area contributed by atoms with Gasteiger partial charge in [0.2, 0.25) is 5.82 Å². The van der Waals surface area contributed by atoms with E-state index < -0.39 is 0 Å². The average Bonchev–Trinajstić information content (AvgIpc) is 3.43. The van der Waals surface area contributed by atoms with Crippen LogP contribution in [-0.2, 0) is 11.3 Å². The quantitative estimate of drug-likeness (QED) is 0.355. The van der Waals surface area contributed by atoms with Crippen molar-refractivity contribution in [2.75, 3.05) is 39.9 Å². The fourth-order valence-electron chi connectivity index (χ4n) is 4.31. The molecule has 190 valence electrons. The molecule has 8 heteroatoms. The molecule has 5 rings (SSSR count). The molecule has 1 aliphatic heterocycles. The van der Waals surface area contributed by atoms with E-state index in [4.69, 9.17) is 14.0 Å². The topological polar surface area (TPSA) is 80.9 Å². The summed E-state index contributed by atoms with van der Waals surface area (Å²) in [7, 11) is 1.56. The van der Waals surface area contributed by atoms with E-state index in [1.807, 2.05) is 48.2 Å². The van der Waals surface area contributed by atoms with Gasteiger partial charge < -0.3 is 18.9 Å². The maximum Gasteiger partial charge on any atom is 0.260 e. The lowest BCUT2D eigenvalue weighted by atomic mass is 10.1. The van der Waals surface area contributed by atoms with Gasteiger partial charge in [-0.05, 0) is 42.8 Å². The third kappa shape index (κ3) is 5.98. The molecule has 0 saturated carbocycles. The molecule has 1 amide bonds. The van der Waals surface area contributed by atoms with Crippen molar-refractivity contribution >= 4 is 5.91 Å². The number of ether oxygens (including phenoxy) is 2. The van der Waals surface area contributed by atoms with Crippen molar-refractivity contribution in [3.63, 3.8) is 0 Å². The van der Waals surface area contributed by atoms with Gasteiger partial charge in [0, 0.05) is 43.9 Å². The van der Waals surface area contributed by atoms with Crippen molar-refractivity contribution in [2.24, 2.45) is 0 Å². The molecule has 0 atom stereocenters. The van der Waals surface area contributed by atoms with Crippen LogP contribution in [0.25, 0.3) is 22.8 Å². The Kier molecular flexibility index (Phi) is 7.46. The first kappa shape index (κ1) is 24.5. The van der Waals surface area contributed by atoms with Gasteiger partial charge in [-0.25, -0.2) is 0 Å². The SMILES string of the molecule is COc1cc(-c2noc(-c3ccc(C)cc3)n2)ccc1OCC(=O)N1CCN(Cc2ccccc2)CC1. The fourth-order valence-corrected chi connectivity index (χ4v) is 4.31. The van der Waals surface area contributed by atoms with Gasteiger partial charge in [-0.1, -0.05) is 53.2 Å². The molecule has 37 heavy (non-hydrogen) atoms. The molecule has 1 aliphatic rings. The molecule has 0 radical (unpaired) electrons. The molecule has 2 heterocycles. The summed E-state index contributed by atoms with van der Waals surface area (Å²) in [6, 6.07) is 23.7. The molecule has 4 aromatic rings. The summed E-state index contributed by atoms with van der Waals surface area (Å²) in [6.07, 6.45) is 0. The van der Waals surface area contributed by atoms with E-state index in [1.165, 1.54) is 5.56 Å². The number of amides is 1. The molecule has 0 N–H and O–H groups in total. The summed E-state index contributed by atoms with van der Waals surface area (Å²) in [5, 5.41) is 4.11. The second-order valence-corrected chi connectivity index (χ2v) is 9.09. The van der Waals surface area contributed by atoms with E-state index in [9.17, 15) is 4.79 Å². The van der Waals surface area contributed by atoms with E-state index >= 15 is 0 Å². The van der Waals surface area contributed by atoms with E-state index in [-0.39, 0.29) is 12.5 Å². The summed E-state index contributed by atoms with van der Waals surface area (Å²) >= 11 is 0. The number of methoxy groups -OCH3 is 1. The highest BCUT2D eigenvalue weighted by atomic mass is 16.5. The Morgan fingerprint density at radius 3 is 2.38 bits per heavy atom. The van der Waals surface area contributed by atoms with E-state index in [0.717, 1.165) is 36.3 Å². The molecule has 1 fully saturated rings. The number of benzene rings is 3. The van der Waals surface area contributed by atoms with Crippen LogP contribution in [0.2, 0.25) is 0 Å². The van der Waals surface area contributed by atoms with Crippen LogP contribution in [0.1, 0.15) is 11.1 Å². The largest absolute Gasteiger partial charge is 0.493 e. The molecular formula is C29H30N4O4. The first-order chi connectivity index (χ1) is 18.1. The highest BCUT2D eigenvalue weighted by Crippen LogP contribution is 2.32. The number of hydrogen-bond donors (Lipinski definition) is 0. The lowest BCUT2D eigenvalue weighted by molar-refractivity contribution is -0.135. The molecule has 0 bridgehead atoms. The van der Waals surface area contributed by atoms with Gasteiger partial charge in [-0.3, -0.25) is 9.69 Å². The summed E-state index contributed by atoms with van der Waals surface area (Å²) in [5.74, 6) is 1.85. The van der Waals surface area contributed by atoms with Crippen molar-refractivity contribution < 1.29 is 18.8 Å². The molecular weight excluding hydrogens is 468 g/mol. The maximum atomic E-state index is 12.8. The predicted molar refractivity (Wildman–Crippen MR) is 140 cm³/mol. The Bertz CT molecular complexity index is 1330. The van der Waals surface area contributed by atoms with Crippen molar-refractivity contribution in [1.82, 2.24) is 19.9 Å². The van der Waals surface area contributed by atoms with E-state index in [0.29, 0.717) is 36.3 Å². The zero-order chi connectivity index (χ0) is 25.6. The molecule has 3 aromatic carbocycles. The molecule has 0 spiro atoms. The van der Waals surface area contributed by atoms with Crippen LogP contribution < -0.4 is 9.47 Å². The number of hydrogen-bond acceptors (Lipinski definition) is 7. The number of aromatic nitrogens is 2. The second-order valence-electron chi connectivity index (χ2n) is 9.09. The summed E-state index contributed by atoms with van der Waals surface area (Å²) in [5.41, 5.74) is 4.03. The Balaban J connectivity index is 1.17. The van der Waals surface area contributed by atoms with Crippen LogP contribution in [-0.4, -0.2) is 65.7 Å². The molecule has 0 unspecified atom stereocenters. The van der Waals surface area contributed by atoms with Gasteiger partial charge in [0.15, 0.2) is 18.1 Å². The zero-order valence-corrected chi connectivity index (χ0v) is 21.1. The van der Waals surface area contributed by atoms with Crippen LogP contribution in [0.15, 0.2) is 77.3 Å². The Morgan fingerprint density at radius 2 is 1.65 bits per heavy atom. The monoisotopic (exact) mass is 498 g/mol. The summed E-state index contributed by atoms with van der Waals surface area (Å²) < 4.78 is 16.8. The van der Waals surface area contributed by atoms with Gasteiger partial charge in [0.05, 0.1) is 7.11 Å². The van der Waals surface area contributed by atoms with Crippen LogP contribution in [0, 0.1) is 6.92 Å². The minimum Gasteiger partial charge on any atom is -0.493 e. The molecule has 1 aromatic heterocycles. The van der Waals surface area contributed by atoms with Gasteiger partial charge in [-0.15, -0.1) is 0 Å². The smallest absolute Gasteiger partial charge is 0.260 e. The third-order valence-electron chi connectivity index (χ3n) is 6.47. The Labute approximate surface area is 216 Å². The third-order valence-corrected chi connectivity index (χ3v) is 6.47. The number of rotatable bonds is 8. The number of piperazine rings is 1. The predicted octanol–water partition coefficient (Wildman–Crippen LogP) is 4.44. The number of nitrogens with zero attached hydrogens (tertiary/aromatic N) is 4. The first-order valence-electron chi connectivity index (χ1n) is 12.3. The Hall–Kier alpha value is -4.17. The van der Waals surface area contributed by atoms with Crippen molar-refractivity contribution in [1.29, 1.82) is 0 Å². The van der Waals surface area contributed by atoms with Crippen LogP contribution in [0.4, 0.5) is 0 Å². The van der Waals surface area contributed by atoms with Crippen molar-refractivity contribution in [2.45, 2.75) is 13.5 Å². The van der Waals surface area contributed by atoms with Crippen LogP contribution >= 0.6 is 0 Å². The first-order valence-corrected chi connectivity index (χ1v) is 12.3. The highest BCUT2D eigenvalue weighted by Gasteiger charge is 2.22. The Morgan fingerprint density at radius 1 is 0.919 bits per heavy atom. The lowest BCUT2D eigenvalue weighted by Gasteiger charge is -2.34. The summed E-state index contributed by atoms with van der Waals surface area (Å²) in [6.45, 7) is 5.93. The van der Waals surface area contributed by atoms with Gasteiger partial charge in [0.1, 0.15) is 0 Å². The second kappa shape index (κ2) is 11.3. The standard InChI is InChI=1S/C29H30N4O4/c1-21-8-10-23(11-9-21)29-30-28(31-37-29)24-12-13-25(26(18-24)35-2)36-20-27(34)33-16-14-32(15-17-33)19-22-6-4-3-5-7-22/h3-13,18H,14-17,19-20H2,1-2H3. The van der Waals surface area contributed by atoms with Crippen molar-refractivity contribution in [3.05, 3.63) is 83.9 Å². The van der Waals surface area contributed by atoms with Crippen molar-refractivity contribution in [3.8, 4) is 34.3 Å². The van der Waals surface area contributed by atoms with E-state index in [1.54, 1.807) is 19.2 Å². The molecule has 8 nitrogen and oxygen atoms in total. The van der Waals surface area contributed by atoms with Gasteiger partial charge in [0.25, 0.3) is 11.8 Å². The van der Waals surface area contributed by atoms with Gasteiger partial charge in [-0.2, -0.15) is 4.98 Å². The zero-order valence-electron chi connectivity index (χ0n) is 21.1. The number of carbonyl (C=O) groups excluding carboxylic acids is 1. The minimum absolute atomic E-state index is 0.0357. The van der Waals surface area contributed by atoms with Crippen LogP contribution in [0.5, 0.6) is 11.5 Å². The van der Waals surface area contributed by atoms with Gasteiger partial charge >= 0.3 is 0 Å². The number of carbonyl (C=O) groups is 1. The average molecular weight is 499 g/mol. The normalized spacial score (nSPS) is 13.9. The minimum atomic E-state index is -0.0474. The fraction of sp³-hybridized carbons (Fsp3) is 0.276. The van der Waals surface area contributed by atoms with Crippen LogP contribution in [0.3, 0.4) is 0 Å². The summed E-state index contributed by atoms with van der Waals surface area (Å²) in [4.78, 5) is 21.5. The lowest BCUT2D eigenvalue weighted by Crippen LogP contribution is -2.49. The van der Waals surface area contributed by atoms with E-state index in [2.05, 4.69) is 39.3 Å². The molecule has 1 saturated heterocycles. The molecule has 0 aliphatic carbocycles. The number of aryl methyl sites for hydroxylation is 1.